The lowest BCUT2D eigenvalue weighted by molar-refractivity contribution is -0.134. The Morgan fingerprint density at radius 3 is 2.53 bits per heavy atom. The Kier molecular flexibility index (Phi) is 7.16. The molecule has 3 rings (SSSR count). The van der Waals surface area contributed by atoms with Crippen molar-refractivity contribution in [3.8, 4) is 0 Å². The summed E-state index contributed by atoms with van der Waals surface area (Å²) < 4.78 is 20.2. The molecule has 0 bridgehead atoms. The van der Waals surface area contributed by atoms with Crippen molar-refractivity contribution in [1.82, 2.24) is 14.7 Å². The van der Waals surface area contributed by atoms with Crippen molar-refractivity contribution >= 4 is 17.6 Å². The zero-order valence-corrected chi connectivity index (χ0v) is 16.9. The summed E-state index contributed by atoms with van der Waals surface area (Å²) >= 11 is 0. The number of hydrogen-bond acceptors (Lipinski definition) is 6. The van der Waals surface area contributed by atoms with E-state index in [4.69, 9.17) is 4.74 Å². The van der Waals surface area contributed by atoms with Gasteiger partial charge in [-0.25, -0.2) is 13.9 Å². The molecule has 1 aromatic heterocycles. The molecule has 2 heterocycles. The molecule has 8 nitrogen and oxygen atoms in total. The molecule has 0 unspecified atom stereocenters. The largest absolute Gasteiger partial charge is 0.451 e. The molecule has 1 aliphatic rings. The van der Waals surface area contributed by atoms with Crippen molar-refractivity contribution in [1.29, 1.82) is 0 Å². The summed E-state index contributed by atoms with van der Waals surface area (Å²) in [5.41, 5.74) is 0.215. The van der Waals surface area contributed by atoms with Crippen LogP contribution in [0.4, 0.5) is 10.1 Å². The van der Waals surface area contributed by atoms with Gasteiger partial charge in [-0.05, 0) is 24.6 Å². The molecule has 0 saturated carbocycles. The fraction of sp³-hybridized carbons (Fsp3) is 0.429. The number of benzene rings is 1. The van der Waals surface area contributed by atoms with Crippen LogP contribution in [0.2, 0.25) is 0 Å². The number of nitrogens with zero attached hydrogens (tertiary/aromatic N) is 4. The fourth-order valence-electron chi connectivity index (χ4n) is 3.22. The van der Waals surface area contributed by atoms with E-state index >= 15 is 0 Å². The van der Waals surface area contributed by atoms with Crippen LogP contribution in [0.15, 0.2) is 41.2 Å². The molecule has 2 aromatic rings. The van der Waals surface area contributed by atoms with Crippen molar-refractivity contribution in [2.75, 3.05) is 37.7 Å². The standard InChI is InChI=1S/C21H25FN4O4/c1-2-3-10-26-19(27)9-8-17(23-26)21(29)30-15-20(28)25-13-11-24(12-14-25)18-7-5-4-6-16(18)22/h4-9H,2-3,10-15H2,1H3. The zero-order chi connectivity index (χ0) is 21.5. The van der Waals surface area contributed by atoms with Crippen LogP contribution in [0, 0.1) is 5.82 Å². The number of esters is 1. The number of hydrogen-bond donors (Lipinski definition) is 0. The highest BCUT2D eigenvalue weighted by molar-refractivity contribution is 5.89. The zero-order valence-electron chi connectivity index (χ0n) is 16.9. The lowest BCUT2D eigenvalue weighted by Gasteiger charge is -2.36. The average Bonchev–Trinajstić information content (AvgIpc) is 2.77. The van der Waals surface area contributed by atoms with Gasteiger partial charge < -0.3 is 14.5 Å². The van der Waals surface area contributed by atoms with Crippen LogP contribution in [-0.2, 0) is 16.1 Å². The summed E-state index contributed by atoms with van der Waals surface area (Å²) in [6.07, 6.45) is 1.66. The lowest BCUT2D eigenvalue weighted by atomic mass is 10.2. The SMILES string of the molecule is CCCCn1nc(C(=O)OCC(=O)N2CCN(c3ccccc3F)CC2)ccc1=O. The number of unbranched alkanes of at least 4 members (excludes halogenated alkanes) is 1. The van der Waals surface area contributed by atoms with Gasteiger partial charge in [-0.2, -0.15) is 5.10 Å². The number of amides is 1. The van der Waals surface area contributed by atoms with Gasteiger partial charge in [0.2, 0.25) is 0 Å². The number of carbonyl (C=O) groups is 2. The van der Waals surface area contributed by atoms with Crippen molar-refractivity contribution < 1.29 is 18.7 Å². The lowest BCUT2D eigenvalue weighted by Crippen LogP contribution is -2.50. The highest BCUT2D eigenvalue weighted by Gasteiger charge is 2.24. The third-order valence-corrected chi connectivity index (χ3v) is 4.95. The Balaban J connectivity index is 1.51. The summed E-state index contributed by atoms with van der Waals surface area (Å²) in [5, 5.41) is 4.01. The van der Waals surface area contributed by atoms with E-state index < -0.39 is 12.6 Å². The predicted molar refractivity (Wildman–Crippen MR) is 109 cm³/mol. The van der Waals surface area contributed by atoms with Crippen LogP contribution in [-0.4, -0.2) is 59.3 Å². The minimum atomic E-state index is -0.751. The third kappa shape index (κ3) is 5.22. The molecule has 0 atom stereocenters. The number of halogens is 1. The maximum atomic E-state index is 13.9. The first-order valence-corrected chi connectivity index (χ1v) is 10.0. The summed E-state index contributed by atoms with van der Waals surface area (Å²) in [7, 11) is 0. The summed E-state index contributed by atoms with van der Waals surface area (Å²) in [6.45, 7) is 3.80. The van der Waals surface area contributed by atoms with Crippen LogP contribution in [0.3, 0.4) is 0 Å². The Labute approximate surface area is 173 Å². The van der Waals surface area contributed by atoms with Crippen LogP contribution in [0.1, 0.15) is 30.3 Å². The average molecular weight is 416 g/mol. The van der Waals surface area contributed by atoms with E-state index in [1.54, 1.807) is 23.1 Å². The van der Waals surface area contributed by atoms with Gasteiger partial charge in [-0.15, -0.1) is 0 Å². The Morgan fingerprint density at radius 1 is 1.10 bits per heavy atom. The number of piperazine rings is 1. The molecule has 1 aliphatic heterocycles. The van der Waals surface area contributed by atoms with Crippen LogP contribution >= 0.6 is 0 Å². The number of rotatable bonds is 7. The van der Waals surface area contributed by atoms with Crippen LogP contribution < -0.4 is 10.5 Å². The summed E-state index contributed by atoms with van der Waals surface area (Å²) in [6, 6.07) is 9.09. The monoisotopic (exact) mass is 416 g/mol. The number of carbonyl (C=O) groups excluding carboxylic acids is 2. The quantitative estimate of drug-likeness (QED) is 0.639. The summed E-state index contributed by atoms with van der Waals surface area (Å²) in [4.78, 5) is 39.9. The molecule has 0 radical (unpaired) electrons. The molecule has 160 valence electrons. The van der Waals surface area contributed by atoms with E-state index in [1.165, 1.54) is 22.9 Å². The van der Waals surface area contributed by atoms with Gasteiger partial charge in [0.1, 0.15) is 5.82 Å². The molecule has 9 heteroatoms. The number of ether oxygens (including phenoxy) is 1. The van der Waals surface area contributed by atoms with E-state index in [9.17, 15) is 18.8 Å². The van der Waals surface area contributed by atoms with Crippen molar-refractivity contribution in [3.05, 3.63) is 58.3 Å². The van der Waals surface area contributed by atoms with Gasteiger partial charge in [0, 0.05) is 38.8 Å². The minimum Gasteiger partial charge on any atom is -0.451 e. The third-order valence-electron chi connectivity index (χ3n) is 4.95. The molecule has 0 spiro atoms. The molecule has 0 aliphatic carbocycles. The second-order valence-corrected chi connectivity index (χ2v) is 7.03. The van der Waals surface area contributed by atoms with E-state index in [2.05, 4.69) is 5.10 Å². The first-order valence-electron chi connectivity index (χ1n) is 10.0. The van der Waals surface area contributed by atoms with E-state index in [-0.39, 0.29) is 23.0 Å². The van der Waals surface area contributed by atoms with Gasteiger partial charge >= 0.3 is 5.97 Å². The van der Waals surface area contributed by atoms with Gasteiger partial charge in [0.05, 0.1) is 5.69 Å². The molecular formula is C21H25FN4O4. The normalized spacial score (nSPS) is 13.9. The number of anilines is 1. The summed E-state index contributed by atoms with van der Waals surface area (Å²) in [5.74, 6) is -1.37. The van der Waals surface area contributed by atoms with Gasteiger partial charge in [-0.3, -0.25) is 9.59 Å². The highest BCUT2D eigenvalue weighted by atomic mass is 19.1. The predicted octanol–water partition coefficient (Wildman–Crippen LogP) is 1.69. The Hall–Kier alpha value is -3.23. The molecular weight excluding hydrogens is 391 g/mol. The Morgan fingerprint density at radius 2 is 1.83 bits per heavy atom. The maximum absolute atomic E-state index is 13.9. The topological polar surface area (TPSA) is 84.7 Å². The highest BCUT2D eigenvalue weighted by Crippen LogP contribution is 2.20. The Bertz CT molecular complexity index is 954. The molecule has 0 N–H and O–H groups in total. The molecule has 1 fully saturated rings. The van der Waals surface area contributed by atoms with Crippen molar-refractivity contribution in [3.63, 3.8) is 0 Å². The fourth-order valence-corrected chi connectivity index (χ4v) is 3.22. The smallest absolute Gasteiger partial charge is 0.359 e. The second kappa shape index (κ2) is 10.00. The van der Waals surface area contributed by atoms with Crippen molar-refractivity contribution in [2.45, 2.75) is 26.3 Å². The minimum absolute atomic E-state index is 0.0112. The van der Waals surface area contributed by atoms with Crippen LogP contribution in [0.25, 0.3) is 0 Å². The van der Waals surface area contributed by atoms with Crippen LogP contribution in [0.5, 0.6) is 0 Å². The first kappa shape index (κ1) is 21.5. The molecule has 1 aromatic carbocycles. The van der Waals surface area contributed by atoms with Gasteiger partial charge in [0.25, 0.3) is 11.5 Å². The van der Waals surface area contributed by atoms with Crippen molar-refractivity contribution in [2.24, 2.45) is 0 Å². The number of aryl methyl sites for hydroxylation is 1. The first-order chi connectivity index (χ1) is 14.5. The number of para-hydroxylation sites is 1. The van der Waals surface area contributed by atoms with E-state index in [1.807, 2.05) is 11.8 Å². The maximum Gasteiger partial charge on any atom is 0.359 e. The molecule has 1 amide bonds. The molecule has 1 saturated heterocycles. The van der Waals surface area contributed by atoms with Gasteiger partial charge in [-0.1, -0.05) is 25.5 Å². The molecule has 30 heavy (non-hydrogen) atoms. The number of aromatic nitrogens is 2. The van der Waals surface area contributed by atoms with E-state index in [0.29, 0.717) is 38.4 Å². The van der Waals surface area contributed by atoms with Gasteiger partial charge in [0.15, 0.2) is 12.3 Å². The van der Waals surface area contributed by atoms with E-state index in [0.717, 1.165) is 12.8 Å². The second-order valence-electron chi connectivity index (χ2n) is 7.03.